The fraction of sp³-hybridized carbons (Fsp3) is 0.875. The number of carbonyl (C=O) groups is 1. The maximum Gasteiger partial charge on any atom is 0.303 e. The summed E-state index contributed by atoms with van der Waals surface area (Å²) in [6.07, 6.45) is 2.15. The van der Waals surface area contributed by atoms with E-state index in [1.165, 1.54) is 0 Å². The fourth-order valence-electron chi connectivity index (χ4n) is 0.662. The van der Waals surface area contributed by atoms with E-state index in [0.29, 0.717) is 12.3 Å². The molecule has 0 amide bonds. The fourth-order valence-corrected chi connectivity index (χ4v) is 0.662. The number of alkyl halides is 3. The van der Waals surface area contributed by atoms with E-state index < -0.39 is 10.3 Å². The molecule has 0 aromatic rings. The highest BCUT2D eigenvalue weighted by Crippen LogP contribution is 2.05. The second-order valence-corrected chi connectivity index (χ2v) is 4.91. The molecule has 0 heterocycles. The molecule has 0 rings (SSSR count). The van der Waals surface area contributed by atoms with Crippen LogP contribution in [0, 0.1) is 5.92 Å². The van der Waals surface area contributed by atoms with E-state index in [2.05, 4.69) is 13.8 Å². The molecule has 0 spiro atoms. The van der Waals surface area contributed by atoms with Gasteiger partial charge in [-0.05, 0) is 12.3 Å². The van der Waals surface area contributed by atoms with Crippen LogP contribution in [0.1, 0.15) is 33.1 Å². The summed E-state index contributed by atoms with van der Waals surface area (Å²) in [4.78, 5) is 9.98. The third-order valence-electron chi connectivity index (χ3n) is 1.17. The highest BCUT2D eigenvalue weighted by molar-refractivity contribution is 6.63. The Labute approximate surface area is 94.2 Å². The van der Waals surface area contributed by atoms with Crippen molar-refractivity contribution in [2.24, 2.45) is 5.92 Å². The van der Waals surface area contributed by atoms with Crippen LogP contribution in [-0.2, 0) is 4.79 Å². The second-order valence-electron chi connectivity index (χ2n) is 2.93. The van der Waals surface area contributed by atoms with Crippen molar-refractivity contribution >= 4 is 40.8 Å². The van der Waals surface area contributed by atoms with Crippen LogP contribution in [0.2, 0.25) is 0 Å². The van der Waals surface area contributed by atoms with Crippen molar-refractivity contribution in [1.29, 1.82) is 0 Å². The van der Waals surface area contributed by atoms with E-state index in [9.17, 15) is 4.79 Å². The molecule has 1 N–H and O–H groups in total. The molecular weight excluding hydrogens is 234 g/mol. The van der Waals surface area contributed by atoms with Crippen molar-refractivity contribution in [2.45, 2.75) is 37.4 Å². The van der Waals surface area contributed by atoms with E-state index >= 15 is 0 Å². The van der Waals surface area contributed by atoms with E-state index in [-0.39, 0.29) is 0 Å². The van der Waals surface area contributed by atoms with Crippen LogP contribution in [-0.4, -0.2) is 15.4 Å². The molecule has 0 radical (unpaired) electrons. The maximum absolute atomic E-state index is 9.98. The number of carboxylic acids is 1. The van der Waals surface area contributed by atoms with Gasteiger partial charge in [0.15, 0.2) is 4.30 Å². The van der Waals surface area contributed by atoms with Crippen LogP contribution >= 0.6 is 34.8 Å². The van der Waals surface area contributed by atoms with Gasteiger partial charge in [0.25, 0.3) is 0 Å². The van der Waals surface area contributed by atoms with E-state index in [4.69, 9.17) is 39.9 Å². The van der Waals surface area contributed by atoms with Gasteiger partial charge in [-0.1, -0.05) is 55.1 Å². The molecule has 0 saturated carbocycles. The molecule has 0 unspecified atom stereocenters. The third-order valence-corrected chi connectivity index (χ3v) is 1.17. The van der Waals surface area contributed by atoms with Gasteiger partial charge >= 0.3 is 5.97 Å². The van der Waals surface area contributed by atoms with Crippen LogP contribution in [0.3, 0.4) is 0 Å². The summed E-state index contributed by atoms with van der Waals surface area (Å²) < 4.78 is -0.750. The third kappa shape index (κ3) is 32.8. The van der Waals surface area contributed by atoms with E-state index in [0.717, 1.165) is 12.8 Å². The first-order chi connectivity index (χ1) is 5.86. The average Bonchev–Trinajstić information content (AvgIpc) is 1.83. The molecule has 0 aliphatic carbocycles. The largest absolute Gasteiger partial charge is 0.481 e. The quantitative estimate of drug-likeness (QED) is 0.768. The zero-order chi connectivity index (χ0) is 10.9. The van der Waals surface area contributed by atoms with Crippen molar-refractivity contribution in [1.82, 2.24) is 0 Å². The van der Waals surface area contributed by atoms with Gasteiger partial charge in [0.1, 0.15) is 0 Å². The summed E-state index contributed by atoms with van der Waals surface area (Å²) in [5.74, 6) is -0.0556. The lowest BCUT2D eigenvalue weighted by atomic mass is 10.1. The van der Waals surface area contributed by atoms with Crippen molar-refractivity contribution in [3.8, 4) is 0 Å². The van der Waals surface area contributed by atoms with Gasteiger partial charge in [0, 0.05) is 6.42 Å². The minimum atomic E-state index is -0.750. The minimum Gasteiger partial charge on any atom is -0.481 e. The number of halogens is 3. The van der Waals surface area contributed by atoms with Crippen molar-refractivity contribution < 1.29 is 9.90 Å². The van der Waals surface area contributed by atoms with Crippen molar-refractivity contribution in [3.63, 3.8) is 0 Å². The van der Waals surface area contributed by atoms with Crippen LogP contribution in [0.15, 0.2) is 0 Å². The smallest absolute Gasteiger partial charge is 0.303 e. The normalized spacial score (nSPS) is 9.77. The summed E-state index contributed by atoms with van der Waals surface area (Å²) in [5.41, 5.74) is 0. The Hall–Kier alpha value is 0.340. The second kappa shape index (κ2) is 10.4. The SMILES string of the molecule is CC(C)CCCC(=O)O.ClC(Cl)Cl. The number of carboxylic acid groups (broad SMARTS) is 1. The predicted octanol–water partition coefficient (Wildman–Crippen LogP) is 3.88. The van der Waals surface area contributed by atoms with Crippen LogP contribution in [0.25, 0.3) is 0 Å². The summed E-state index contributed by atoms with van der Waals surface area (Å²) in [6.45, 7) is 4.20. The van der Waals surface area contributed by atoms with Crippen molar-refractivity contribution in [3.05, 3.63) is 0 Å². The first kappa shape index (κ1) is 15.8. The molecule has 80 valence electrons. The molecule has 0 aliphatic rings. The lowest BCUT2D eigenvalue weighted by molar-refractivity contribution is -0.137. The van der Waals surface area contributed by atoms with Gasteiger partial charge in [0.2, 0.25) is 0 Å². The predicted molar refractivity (Wildman–Crippen MR) is 57.7 cm³/mol. The molecular formula is C8H15Cl3O2. The first-order valence-corrected chi connectivity index (χ1v) is 5.31. The molecule has 0 aromatic heterocycles. The Morgan fingerprint density at radius 1 is 1.31 bits per heavy atom. The monoisotopic (exact) mass is 248 g/mol. The number of rotatable bonds is 4. The topological polar surface area (TPSA) is 37.3 Å². The summed E-state index contributed by atoms with van der Waals surface area (Å²) >= 11 is 14.4. The van der Waals surface area contributed by atoms with E-state index in [1.807, 2.05) is 0 Å². The number of hydrogen-bond acceptors (Lipinski definition) is 1. The van der Waals surface area contributed by atoms with Gasteiger partial charge in [-0.15, -0.1) is 0 Å². The van der Waals surface area contributed by atoms with Crippen molar-refractivity contribution in [2.75, 3.05) is 0 Å². The van der Waals surface area contributed by atoms with Crippen LogP contribution in [0.5, 0.6) is 0 Å². The Morgan fingerprint density at radius 3 is 1.92 bits per heavy atom. The molecule has 0 saturated heterocycles. The maximum atomic E-state index is 9.98. The van der Waals surface area contributed by atoms with Gasteiger partial charge in [-0.2, -0.15) is 0 Å². The van der Waals surface area contributed by atoms with Gasteiger partial charge in [0.05, 0.1) is 0 Å². The molecule has 0 atom stereocenters. The Balaban J connectivity index is 0. The number of aliphatic carboxylic acids is 1. The zero-order valence-electron chi connectivity index (χ0n) is 7.77. The molecule has 2 nitrogen and oxygen atoms in total. The standard InChI is InChI=1S/C7H14O2.CHCl3/c1-6(2)4-3-5-7(8)9;2-1(3)4/h6H,3-5H2,1-2H3,(H,8,9);1H. The molecule has 0 fully saturated rings. The van der Waals surface area contributed by atoms with Gasteiger partial charge in [-0.25, -0.2) is 0 Å². The molecule has 0 aromatic carbocycles. The molecule has 5 heteroatoms. The lowest BCUT2D eigenvalue weighted by Crippen LogP contribution is -1.95. The van der Waals surface area contributed by atoms with Gasteiger partial charge < -0.3 is 5.11 Å². The summed E-state index contributed by atoms with van der Waals surface area (Å²) in [5, 5.41) is 8.23. The van der Waals surface area contributed by atoms with Gasteiger partial charge in [-0.3, -0.25) is 4.79 Å². The summed E-state index contributed by atoms with van der Waals surface area (Å²) in [6, 6.07) is 0. The van der Waals surface area contributed by atoms with Crippen LogP contribution < -0.4 is 0 Å². The zero-order valence-corrected chi connectivity index (χ0v) is 10.0. The summed E-state index contributed by atoms with van der Waals surface area (Å²) in [7, 11) is 0. The Kier molecular flexibility index (Phi) is 12.7. The first-order valence-electron chi connectivity index (χ1n) is 4.00. The molecule has 0 bridgehead atoms. The minimum absolute atomic E-state index is 0.318. The average molecular weight is 250 g/mol. The molecule has 0 aliphatic heterocycles. The van der Waals surface area contributed by atoms with E-state index in [1.54, 1.807) is 0 Å². The van der Waals surface area contributed by atoms with Crippen LogP contribution in [0.4, 0.5) is 0 Å². The Bertz CT molecular complexity index is 124. The lowest BCUT2D eigenvalue weighted by Gasteiger charge is -1.99. The number of hydrogen-bond donors (Lipinski definition) is 1. The Morgan fingerprint density at radius 2 is 1.69 bits per heavy atom. The highest BCUT2D eigenvalue weighted by atomic mass is 35.6. The highest BCUT2D eigenvalue weighted by Gasteiger charge is 1.97. The molecule has 13 heavy (non-hydrogen) atoms.